The summed E-state index contributed by atoms with van der Waals surface area (Å²) in [7, 11) is 0. The standard InChI is InChI=1S/C7H12O2/c1-2-3-6(8)4-7-5-9-7/h2,6-8H,1,3-5H2/t6-,7-/m1/s1. The van der Waals surface area contributed by atoms with Crippen molar-refractivity contribution in [3.05, 3.63) is 12.7 Å². The van der Waals surface area contributed by atoms with Crippen molar-refractivity contribution in [2.45, 2.75) is 25.0 Å². The Labute approximate surface area is 55.1 Å². The second kappa shape index (κ2) is 2.99. The lowest BCUT2D eigenvalue weighted by Gasteiger charge is -2.02. The highest BCUT2D eigenvalue weighted by Gasteiger charge is 2.24. The van der Waals surface area contributed by atoms with Gasteiger partial charge in [0.05, 0.1) is 18.8 Å². The molecule has 2 heteroatoms. The quantitative estimate of drug-likeness (QED) is 0.447. The van der Waals surface area contributed by atoms with Gasteiger partial charge in [0.1, 0.15) is 0 Å². The molecule has 0 unspecified atom stereocenters. The molecule has 1 rings (SSSR count). The van der Waals surface area contributed by atoms with Gasteiger partial charge in [-0.15, -0.1) is 6.58 Å². The van der Waals surface area contributed by atoms with E-state index >= 15 is 0 Å². The Morgan fingerprint density at radius 1 is 1.89 bits per heavy atom. The first-order valence-electron chi connectivity index (χ1n) is 3.23. The van der Waals surface area contributed by atoms with E-state index in [1.807, 2.05) is 0 Å². The largest absolute Gasteiger partial charge is 0.393 e. The van der Waals surface area contributed by atoms with Crippen LogP contribution < -0.4 is 0 Å². The molecule has 1 heterocycles. The van der Waals surface area contributed by atoms with Crippen molar-refractivity contribution in [3.8, 4) is 0 Å². The van der Waals surface area contributed by atoms with E-state index in [1.54, 1.807) is 6.08 Å². The second-order valence-corrected chi connectivity index (χ2v) is 2.37. The minimum Gasteiger partial charge on any atom is -0.393 e. The first-order chi connectivity index (χ1) is 4.33. The van der Waals surface area contributed by atoms with Crippen molar-refractivity contribution >= 4 is 0 Å². The van der Waals surface area contributed by atoms with E-state index in [9.17, 15) is 0 Å². The van der Waals surface area contributed by atoms with Crippen molar-refractivity contribution in [3.63, 3.8) is 0 Å². The molecule has 0 amide bonds. The number of hydrogen-bond donors (Lipinski definition) is 1. The van der Waals surface area contributed by atoms with Crippen LogP contribution in [-0.2, 0) is 4.74 Å². The first-order valence-corrected chi connectivity index (χ1v) is 3.23. The number of ether oxygens (including phenoxy) is 1. The van der Waals surface area contributed by atoms with Crippen LogP contribution in [0.25, 0.3) is 0 Å². The Morgan fingerprint density at radius 3 is 3.00 bits per heavy atom. The maximum atomic E-state index is 9.11. The molecular formula is C7H12O2. The molecule has 52 valence electrons. The molecule has 1 saturated heterocycles. The van der Waals surface area contributed by atoms with Gasteiger partial charge in [-0.05, 0) is 6.42 Å². The molecule has 0 aliphatic carbocycles. The van der Waals surface area contributed by atoms with Crippen LogP contribution in [-0.4, -0.2) is 23.9 Å². The molecule has 1 N–H and O–H groups in total. The molecule has 0 spiro atoms. The molecule has 2 atom stereocenters. The number of aliphatic hydroxyl groups is 1. The van der Waals surface area contributed by atoms with E-state index in [2.05, 4.69) is 6.58 Å². The lowest BCUT2D eigenvalue weighted by molar-refractivity contribution is 0.155. The molecule has 0 aromatic carbocycles. The lowest BCUT2D eigenvalue weighted by Crippen LogP contribution is -2.07. The molecule has 0 bridgehead atoms. The van der Waals surface area contributed by atoms with Gasteiger partial charge in [0.15, 0.2) is 0 Å². The average molecular weight is 128 g/mol. The SMILES string of the molecule is C=CC[C@@H](O)C[C@@H]1CO1. The van der Waals surface area contributed by atoms with Gasteiger partial charge < -0.3 is 9.84 Å². The van der Waals surface area contributed by atoms with Gasteiger partial charge in [0, 0.05) is 6.42 Å². The molecule has 9 heavy (non-hydrogen) atoms. The van der Waals surface area contributed by atoms with Gasteiger partial charge in [0.2, 0.25) is 0 Å². The Morgan fingerprint density at radius 2 is 2.56 bits per heavy atom. The van der Waals surface area contributed by atoms with Crippen molar-refractivity contribution < 1.29 is 9.84 Å². The highest BCUT2D eigenvalue weighted by molar-refractivity contribution is 4.78. The van der Waals surface area contributed by atoms with Gasteiger partial charge >= 0.3 is 0 Å². The molecule has 0 radical (unpaired) electrons. The summed E-state index contributed by atoms with van der Waals surface area (Å²) in [4.78, 5) is 0. The van der Waals surface area contributed by atoms with Crippen molar-refractivity contribution in [2.75, 3.05) is 6.61 Å². The van der Waals surface area contributed by atoms with E-state index in [-0.39, 0.29) is 6.10 Å². The van der Waals surface area contributed by atoms with Crippen LogP contribution in [0.2, 0.25) is 0 Å². The molecule has 0 saturated carbocycles. The summed E-state index contributed by atoms with van der Waals surface area (Å²) in [5.74, 6) is 0. The minimum atomic E-state index is -0.241. The Bertz CT molecular complexity index is 97.1. The third kappa shape index (κ3) is 2.63. The smallest absolute Gasteiger partial charge is 0.0834 e. The predicted octanol–water partition coefficient (Wildman–Crippen LogP) is 0.712. The topological polar surface area (TPSA) is 32.8 Å². The number of rotatable bonds is 4. The molecular weight excluding hydrogens is 116 g/mol. The predicted molar refractivity (Wildman–Crippen MR) is 35.2 cm³/mol. The fraction of sp³-hybridized carbons (Fsp3) is 0.714. The van der Waals surface area contributed by atoms with E-state index < -0.39 is 0 Å². The minimum absolute atomic E-state index is 0.241. The summed E-state index contributed by atoms with van der Waals surface area (Å²) >= 11 is 0. The molecule has 1 fully saturated rings. The van der Waals surface area contributed by atoms with Crippen LogP contribution in [0.1, 0.15) is 12.8 Å². The van der Waals surface area contributed by atoms with Crippen LogP contribution in [0.4, 0.5) is 0 Å². The summed E-state index contributed by atoms with van der Waals surface area (Å²) in [5.41, 5.74) is 0. The number of epoxide rings is 1. The van der Waals surface area contributed by atoms with Crippen LogP contribution in [0.15, 0.2) is 12.7 Å². The van der Waals surface area contributed by atoms with Crippen LogP contribution >= 0.6 is 0 Å². The number of hydrogen-bond acceptors (Lipinski definition) is 2. The van der Waals surface area contributed by atoms with Crippen LogP contribution in [0, 0.1) is 0 Å². The summed E-state index contributed by atoms with van der Waals surface area (Å²) in [6.45, 7) is 4.36. The van der Waals surface area contributed by atoms with Gasteiger partial charge in [-0.3, -0.25) is 0 Å². The first kappa shape index (κ1) is 6.78. The Balaban J connectivity index is 2.01. The van der Waals surface area contributed by atoms with Crippen molar-refractivity contribution in [1.29, 1.82) is 0 Å². The van der Waals surface area contributed by atoms with E-state index in [0.29, 0.717) is 12.5 Å². The highest BCUT2D eigenvalue weighted by Crippen LogP contribution is 2.16. The zero-order valence-electron chi connectivity index (χ0n) is 5.42. The summed E-state index contributed by atoms with van der Waals surface area (Å²) < 4.78 is 4.93. The van der Waals surface area contributed by atoms with Crippen LogP contribution in [0.5, 0.6) is 0 Å². The van der Waals surface area contributed by atoms with Crippen molar-refractivity contribution in [2.24, 2.45) is 0 Å². The van der Waals surface area contributed by atoms with Crippen molar-refractivity contribution in [1.82, 2.24) is 0 Å². The van der Waals surface area contributed by atoms with Gasteiger partial charge in [0.25, 0.3) is 0 Å². The monoisotopic (exact) mass is 128 g/mol. The summed E-state index contributed by atoms with van der Waals surface area (Å²) in [6.07, 6.45) is 3.27. The zero-order valence-corrected chi connectivity index (χ0v) is 5.42. The number of aliphatic hydroxyl groups excluding tert-OH is 1. The summed E-state index contributed by atoms with van der Waals surface area (Å²) in [6, 6.07) is 0. The molecule has 1 aliphatic rings. The average Bonchev–Trinajstić information content (AvgIpc) is 2.50. The second-order valence-electron chi connectivity index (χ2n) is 2.37. The van der Waals surface area contributed by atoms with E-state index in [4.69, 9.17) is 9.84 Å². The Hall–Kier alpha value is -0.340. The van der Waals surface area contributed by atoms with Gasteiger partial charge in [-0.2, -0.15) is 0 Å². The third-order valence-electron chi connectivity index (χ3n) is 1.38. The third-order valence-corrected chi connectivity index (χ3v) is 1.38. The lowest BCUT2D eigenvalue weighted by atomic mass is 10.1. The van der Waals surface area contributed by atoms with Gasteiger partial charge in [-0.1, -0.05) is 6.08 Å². The molecule has 2 nitrogen and oxygen atoms in total. The molecule has 1 aliphatic heterocycles. The fourth-order valence-corrected chi connectivity index (χ4v) is 0.796. The van der Waals surface area contributed by atoms with E-state index in [0.717, 1.165) is 13.0 Å². The molecule has 0 aromatic rings. The highest BCUT2D eigenvalue weighted by atomic mass is 16.6. The van der Waals surface area contributed by atoms with E-state index in [1.165, 1.54) is 0 Å². The normalized spacial score (nSPS) is 27.4. The Kier molecular flexibility index (Phi) is 2.25. The molecule has 0 aromatic heterocycles. The van der Waals surface area contributed by atoms with Gasteiger partial charge in [-0.25, -0.2) is 0 Å². The fourth-order valence-electron chi connectivity index (χ4n) is 0.796. The maximum Gasteiger partial charge on any atom is 0.0834 e. The van der Waals surface area contributed by atoms with Crippen LogP contribution in [0.3, 0.4) is 0 Å². The maximum absolute atomic E-state index is 9.11. The summed E-state index contributed by atoms with van der Waals surface area (Å²) in [5, 5.41) is 9.11. The zero-order chi connectivity index (χ0) is 6.69.